The molecule has 1 aliphatic rings. The Morgan fingerprint density at radius 1 is 0.864 bits per heavy atom. The van der Waals surface area contributed by atoms with E-state index in [0.717, 1.165) is 5.56 Å². The van der Waals surface area contributed by atoms with Gasteiger partial charge >= 0.3 is 11.4 Å². The van der Waals surface area contributed by atoms with E-state index in [1.165, 1.54) is 6.07 Å². The van der Waals surface area contributed by atoms with Crippen molar-refractivity contribution in [2.24, 2.45) is 5.41 Å². The molecule has 0 N–H and O–H groups in total. The molecular formula is C16H24N2O4. The number of nitro benzene ring substituents is 2. The van der Waals surface area contributed by atoms with Gasteiger partial charge in [-0.3, -0.25) is 20.2 Å². The van der Waals surface area contributed by atoms with E-state index in [1.54, 1.807) is 6.07 Å². The summed E-state index contributed by atoms with van der Waals surface area (Å²) in [4.78, 5) is 21.4. The topological polar surface area (TPSA) is 86.3 Å². The third-order valence-electron chi connectivity index (χ3n) is 5.96. The highest BCUT2D eigenvalue weighted by atomic mass is 16.6. The summed E-state index contributed by atoms with van der Waals surface area (Å²) in [7, 11) is 0. The summed E-state index contributed by atoms with van der Waals surface area (Å²) in [6.07, 6.45) is 0. The van der Waals surface area contributed by atoms with Gasteiger partial charge in [0.2, 0.25) is 0 Å². The van der Waals surface area contributed by atoms with E-state index in [1.807, 2.05) is 27.7 Å². The Hall–Kier alpha value is -1.98. The van der Waals surface area contributed by atoms with Crippen molar-refractivity contribution in [2.45, 2.75) is 59.8 Å². The zero-order valence-electron chi connectivity index (χ0n) is 13.2. The summed E-state index contributed by atoms with van der Waals surface area (Å²) < 4.78 is 0. The minimum absolute atomic E-state index is 0. The lowest BCUT2D eigenvalue weighted by Gasteiger charge is -2.44. The largest absolute Gasteiger partial charge is 0.350 e. The number of benzene rings is 1. The molecule has 0 atom stereocenters. The molecule has 22 heavy (non-hydrogen) atoms. The normalized spacial score (nSPS) is 19.9. The van der Waals surface area contributed by atoms with Gasteiger partial charge < -0.3 is 0 Å². The zero-order valence-corrected chi connectivity index (χ0v) is 13.2. The fourth-order valence-corrected chi connectivity index (χ4v) is 3.50. The molecule has 2 rings (SSSR count). The molecule has 0 saturated heterocycles. The molecule has 0 aromatic heterocycles. The molecule has 0 amide bonds. The van der Waals surface area contributed by atoms with Crippen LogP contribution in [-0.2, 0) is 10.8 Å². The van der Waals surface area contributed by atoms with Crippen LogP contribution in [0, 0.1) is 25.6 Å². The average Bonchev–Trinajstić information content (AvgIpc) is 2.45. The van der Waals surface area contributed by atoms with Crippen LogP contribution in [0.5, 0.6) is 0 Å². The van der Waals surface area contributed by atoms with E-state index < -0.39 is 20.9 Å². The highest BCUT2D eigenvalue weighted by molar-refractivity contribution is 5.67. The first-order valence-corrected chi connectivity index (χ1v) is 6.84. The zero-order chi connectivity index (χ0) is 16.4. The second-order valence-corrected chi connectivity index (χ2v) is 7.25. The van der Waals surface area contributed by atoms with Crippen LogP contribution in [0.3, 0.4) is 0 Å². The maximum atomic E-state index is 11.5. The van der Waals surface area contributed by atoms with Crippen LogP contribution in [0.4, 0.5) is 11.4 Å². The van der Waals surface area contributed by atoms with Gasteiger partial charge in [-0.1, -0.05) is 55.0 Å². The van der Waals surface area contributed by atoms with E-state index in [9.17, 15) is 20.2 Å². The highest BCUT2D eigenvalue weighted by Crippen LogP contribution is 2.64. The van der Waals surface area contributed by atoms with E-state index in [-0.39, 0.29) is 23.9 Å². The second-order valence-electron chi connectivity index (χ2n) is 7.25. The number of nitrogens with zero attached hydrogens (tertiary/aromatic N) is 2. The van der Waals surface area contributed by atoms with Crippen LogP contribution in [0.1, 0.15) is 60.1 Å². The van der Waals surface area contributed by atoms with Gasteiger partial charge in [0.1, 0.15) is 0 Å². The van der Waals surface area contributed by atoms with Crippen molar-refractivity contribution >= 4 is 11.4 Å². The summed E-state index contributed by atoms with van der Waals surface area (Å²) in [6.45, 7) is 12.0. The Kier molecular flexibility index (Phi) is 3.91. The molecule has 122 valence electrons. The summed E-state index contributed by atoms with van der Waals surface area (Å²) >= 11 is 0. The number of fused-ring (bicyclic) bond motifs is 1. The first kappa shape index (κ1) is 18.1. The van der Waals surface area contributed by atoms with Crippen LogP contribution in [0.15, 0.2) is 12.1 Å². The summed E-state index contributed by atoms with van der Waals surface area (Å²) in [5.74, 6) is 0. The molecule has 1 aromatic carbocycles. The number of hydrogen-bond donors (Lipinski definition) is 0. The molecule has 0 spiro atoms. The number of nitro groups is 2. The summed E-state index contributed by atoms with van der Waals surface area (Å²) in [5, 5.41) is 22.7. The van der Waals surface area contributed by atoms with E-state index in [0.29, 0.717) is 5.56 Å². The third-order valence-corrected chi connectivity index (χ3v) is 5.96. The van der Waals surface area contributed by atoms with Gasteiger partial charge in [0.05, 0.1) is 9.85 Å². The summed E-state index contributed by atoms with van der Waals surface area (Å²) in [6, 6.07) is 2.94. The van der Waals surface area contributed by atoms with Crippen molar-refractivity contribution in [3.8, 4) is 0 Å². The van der Waals surface area contributed by atoms with Gasteiger partial charge in [-0.05, 0) is 16.4 Å². The fraction of sp³-hybridized carbons (Fsp3) is 0.625. The van der Waals surface area contributed by atoms with Crippen molar-refractivity contribution < 1.29 is 9.85 Å². The van der Waals surface area contributed by atoms with E-state index in [4.69, 9.17) is 0 Å². The fourth-order valence-electron chi connectivity index (χ4n) is 3.50. The molecule has 0 fully saturated rings. The van der Waals surface area contributed by atoms with Gasteiger partial charge in [-0.15, -0.1) is 0 Å². The van der Waals surface area contributed by atoms with Crippen molar-refractivity contribution in [3.63, 3.8) is 0 Å². The van der Waals surface area contributed by atoms with Gasteiger partial charge in [-0.25, -0.2) is 0 Å². The quantitative estimate of drug-likeness (QED) is 0.583. The van der Waals surface area contributed by atoms with Crippen molar-refractivity contribution in [3.05, 3.63) is 43.5 Å². The monoisotopic (exact) mass is 308 g/mol. The van der Waals surface area contributed by atoms with Crippen LogP contribution >= 0.6 is 0 Å². The Balaban J connectivity index is 0.00000242. The van der Waals surface area contributed by atoms with Gasteiger partial charge in [0.25, 0.3) is 0 Å². The molecule has 0 aliphatic heterocycles. The van der Waals surface area contributed by atoms with Crippen molar-refractivity contribution in [1.29, 1.82) is 0 Å². The minimum atomic E-state index is -0.674. The smallest absolute Gasteiger partial charge is 0.258 e. The van der Waals surface area contributed by atoms with Gasteiger partial charge in [-0.2, -0.15) is 0 Å². The molecule has 6 heteroatoms. The molecule has 0 radical (unpaired) electrons. The third kappa shape index (κ3) is 1.86. The van der Waals surface area contributed by atoms with Crippen LogP contribution in [-0.4, -0.2) is 9.85 Å². The molecule has 0 unspecified atom stereocenters. The van der Waals surface area contributed by atoms with Gasteiger partial charge in [0.15, 0.2) is 0 Å². The SMILES string of the molecule is C.CC1(C)c2ccc([N+](=O)[O-])c([N+](=O)[O-])c2C(C)(C)C1(C)C. The minimum Gasteiger partial charge on any atom is -0.258 e. The predicted octanol–water partition coefficient (Wildman–Crippen LogP) is 4.73. The molecule has 1 aliphatic carbocycles. The first-order valence-electron chi connectivity index (χ1n) is 6.84. The lowest BCUT2D eigenvalue weighted by molar-refractivity contribution is -0.423. The lowest BCUT2D eigenvalue weighted by Crippen LogP contribution is -2.42. The number of hydrogen-bond acceptors (Lipinski definition) is 4. The van der Waals surface area contributed by atoms with Crippen LogP contribution < -0.4 is 0 Å². The maximum Gasteiger partial charge on any atom is 0.350 e. The molecule has 1 aromatic rings. The highest BCUT2D eigenvalue weighted by Gasteiger charge is 2.60. The van der Waals surface area contributed by atoms with Crippen LogP contribution in [0.2, 0.25) is 0 Å². The molecule has 0 heterocycles. The average molecular weight is 308 g/mol. The Labute approximate surface area is 130 Å². The molecule has 6 nitrogen and oxygen atoms in total. The van der Waals surface area contributed by atoms with Crippen molar-refractivity contribution in [2.75, 3.05) is 0 Å². The van der Waals surface area contributed by atoms with Crippen LogP contribution in [0.25, 0.3) is 0 Å². The molecule has 0 bridgehead atoms. The van der Waals surface area contributed by atoms with E-state index >= 15 is 0 Å². The Morgan fingerprint density at radius 3 is 1.77 bits per heavy atom. The standard InChI is InChI=1S/C15H20N2O4.CH4/c1-13(2)9-7-8-10(16(18)19)12(17(20)21)11(9)14(3,4)15(13,5)6;/h7-8H,1-6H3;1H4. The Morgan fingerprint density at radius 2 is 1.36 bits per heavy atom. The second kappa shape index (κ2) is 4.76. The summed E-state index contributed by atoms with van der Waals surface area (Å²) in [5.41, 5.74) is -0.595. The maximum absolute atomic E-state index is 11.5. The predicted molar refractivity (Wildman–Crippen MR) is 86.3 cm³/mol. The van der Waals surface area contributed by atoms with E-state index in [2.05, 4.69) is 13.8 Å². The number of rotatable bonds is 2. The Bertz CT molecular complexity index is 660. The molecule has 0 saturated carbocycles. The first-order chi connectivity index (χ1) is 9.37. The molecular weight excluding hydrogens is 284 g/mol. The van der Waals surface area contributed by atoms with Gasteiger partial charge in [0, 0.05) is 17.0 Å². The van der Waals surface area contributed by atoms with Crippen molar-refractivity contribution in [1.82, 2.24) is 0 Å². The lowest BCUT2D eigenvalue weighted by atomic mass is 9.59.